The summed E-state index contributed by atoms with van der Waals surface area (Å²) in [6, 6.07) is 3.25. The predicted octanol–water partition coefficient (Wildman–Crippen LogP) is 1.98. The number of thiocarbonyl (C=S) groups is 1. The zero-order chi connectivity index (χ0) is 15.2. The van der Waals surface area contributed by atoms with E-state index in [2.05, 4.69) is 0 Å². The molecule has 0 N–H and O–H groups in total. The highest BCUT2D eigenvalue weighted by Crippen LogP contribution is 2.36. The molecule has 1 aromatic rings. The van der Waals surface area contributed by atoms with Gasteiger partial charge in [-0.2, -0.15) is 0 Å². The first kappa shape index (κ1) is 14.8. The van der Waals surface area contributed by atoms with Gasteiger partial charge in [-0.25, -0.2) is 8.42 Å². The zero-order valence-corrected chi connectivity index (χ0v) is 13.7. The Morgan fingerprint density at radius 1 is 1.48 bits per heavy atom. The molecule has 2 aliphatic heterocycles. The molecule has 5 nitrogen and oxygen atoms in total. The molecule has 0 aliphatic carbocycles. The van der Waals surface area contributed by atoms with Gasteiger partial charge in [0.05, 0.1) is 22.5 Å². The van der Waals surface area contributed by atoms with Crippen LogP contribution in [0.3, 0.4) is 0 Å². The molecule has 112 valence electrons. The molecule has 3 heterocycles. The molecule has 2 aliphatic rings. The molecule has 8 heteroatoms. The molecular formula is C13H13NO4S3. The minimum absolute atomic E-state index is 0.00736. The second-order valence-electron chi connectivity index (χ2n) is 5.06. The normalized spacial score (nSPS) is 27.0. The maximum atomic E-state index is 12.4. The Morgan fingerprint density at radius 3 is 2.81 bits per heavy atom. The average Bonchev–Trinajstić information content (AvgIpc) is 3.01. The number of furan rings is 1. The smallest absolute Gasteiger partial charge is 0.266 e. The highest BCUT2D eigenvalue weighted by molar-refractivity contribution is 8.26. The number of carbonyl (C=O) groups is 1. The number of hydrogen-bond donors (Lipinski definition) is 0. The number of rotatable bonds is 2. The third-order valence-electron chi connectivity index (χ3n) is 3.43. The van der Waals surface area contributed by atoms with Crippen molar-refractivity contribution in [3.8, 4) is 0 Å². The van der Waals surface area contributed by atoms with Crippen LogP contribution in [0.1, 0.15) is 17.9 Å². The van der Waals surface area contributed by atoms with E-state index in [4.69, 9.17) is 16.6 Å². The van der Waals surface area contributed by atoms with Crippen molar-refractivity contribution >= 4 is 50.1 Å². The van der Waals surface area contributed by atoms with Gasteiger partial charge in [-0.05, 0) is 25.5 Å². The summed E-state index contributed by atoms with van der Waals surface area (Å²) in [5, 5.41) is 0. The Labute approximate surface area is 132 Å². The standard InChI is InChI=1S/C13H13NO4S3/c1-8-2-3-10(18-8)6-11-12(15)14(13(19)20-11)9-4-5-21(16,17)7-9/h2-3,6,9H,4-5,7H2,1H3/b11-6+/t9-/m1/s1. The van der Waals surface area contributed by atoms with Crippen LogP contribution in [0.25, 0.3) is 6.08 Å². The molecule has 1 aromatic heterocycles. The van der Waals surface area contributed by atoms with Crippen LogP contribution in [-0.2, 0) is 14.6 Å². The lowest BCUT2D eigenvalue weighted by molar-refractivity contribution is -0.123. The molecule has 0 saturated carbocycles. The summed E-state index contributed by atoms with van der Waals surface area (Å²) in [5.41, 5.74) is 0. The minimum Gasteiger partial charge on any atom is -0.462 e. The van der Waals surface area contributed by atoms with Crippen LogP contribution >= 0.6 is 24.0 Å². The van der Waals surface area contributed by atoms with Crippen molar-refractivity contribution in [2.75, 3.05) is 11.5 Å². The van der Waals surface area contributed by atoms with E-state index in [0.29, 0.717) is 21.4 Å². The summed E-state index contributed by atoms with van der Waals surface area (Å²) < 4.78 is 29.0. The molecule has 21 heavy (non-hydrogen) atoms. The van der Waals surface area contributed by atoms with Crippen molar-refractivity contribution < 1.29 is 17.6 Å². The number of sulfone groups is 1. The van der Waals surface area contributed by atoms with Crippen LogP contribution in [0.4, 0.5) is 0 Å². The van der Waals surface area contributed by atoms with Gasteiger partial charge in [-0.15, -0.1) is 0 Å². The fourth-order valence-corrected chi connectivity index (χ4v) is 5.51. The van der Waals surface area contributed by atoms with Crippen LogP contribution in [0.15, 0.2) is 21.5 Å². The van der Waals surface area contributed by atoms with Crippen molar-refractivity contribution in [3.63, 3.8) is 0 Å². The molecule has 0 spiro atoms. The van der Waals surface area contributed by atoms with Crippen LogP contribution < -0.4 is 0 Å². The van der Waals surface area contributed by atoms with Gasteiger partial charge in [0.15, 0.2) is 9.84 Å². The Balaban J connectivity index is 1.84. The number of carbonyl (C=O) groups excluding carboxylic acids is 1. The van der Waals surface area contributed by atoms with Crippen molar-refractivity contribution in [1.29, 1.82) is 0 Å². The summed E-state index contributed by atoms with van der Waals surface area (Å²) in [5.74, 6) is 1.23. The lowest BCUT2D eigenvalue weighted by Gasteiger charge is -2.20. The maximum absolute atomic E-state index is 12.4. The van der Waals surface area contributed by atoms with Gasteiger partial charge in [-0.1, -0.05) is 24.0 Å². The van der Waals surface area contributed by atoms with E-state index in [1.807, 2.05) is 13.0 Å². The number of aryl methyl sites for hydroxylation is 1. The van der Waals surface area contributed by atoms with E-state index in [1.54, 1.807) is 12.1 Å². The molecule has 1 amide bonds. The van der Waals surface area contributed by atoms with E-state index >= 15 is 0 Å². The van der Waals surface area contributed by atoms with Gasteiger partial charge in [0.1, 0.15) is 15.8 Å². The molecule has 1 atom stereocenters. The zero-order valence-electron chi connectivity index (χ0n) is 11.2. The quantitative estimate of drug-likeness (QED) is 0.604. The molecule has 2 fully saturated rings. The Hall–Kier alpha value is -1.12. The lowest BCUT2D eigenvalue weighted by atomic mass is 10.2. The first-order valence-corrected chi connectivity index (χ1v) is 9.44. The van der Waals surface area contributed by atoms with E-state index in [1.165, 1.54) is 16.7 Å². The van der Waals surface area contributed by atoms with Crippen LogP contribution in [-0.4, -0.2) is 41.1 Å². The number of nitrogens with zero attached hydrogens (tertiary/aromatic N) is 1. The molecular weight excluding hydrogens is 330 g/mol. The maximum Gasteiger partial charge on any atom is 0.266 e. The van der Waals surface area contributed by atoms with E-state index in [0.717, 1.165) is 5.76 Å². The largest absolute Gasteiger partial charge is 0.462 e. The van der Waals surface area contributed by atoms with E-state index < -0.39 is 9.84 Å². The Bertz CT molecular complexity index is 747. The minimum atomic E-state index is -3.05. The predicted molar refractivity (Wildman–Crippen MR) is 85.5 cm³/mol. The molecule has 0 bridgehead atoms. The molecule has 2 saturated heterocycles. The van der Waals surface area contributed by atoms with Crippen molar-refractivity contribution in [2.24, 2.45) is 0 Å². The topological polar surface area (TPSA) is 67.6 Å². The molecule has 0 radical (unpaired) electrons. The summed E-state index contributed by atoms with van der Waals surface area (Å²) in [4.78, 5) is 14.3. The summed E-state index contributed by atoms with van der Waals surface area (Å²) in [6.45, 7) is 1.83. The Morgan fingerprint density at radius 2 is 2.24 bits per heavy atom. The van der Waals surface area contributed by atoms with E-state index in [-0.39, 0.29) is 23.5 Å². The van der Waals surface area contributed by atoms with Crippen molar-refractivity contribution in [2.45, 2.75) is 19.4 Å². The van der Waals surface area contributed by atoms with Gasteiger partial charge in [-0.3, -0.25) is 9.69 Å². The molecule has 0 aromatic carbocycles. The third-order valence-corrected chi connectivity index (χ3v) is 6.51. The van der Waals surface area contributed by atoms with Gasteiger partial charge >= 0.3 is 0 Å². The second-order valence-corrected chi connectivity index (χ2v) is 8.96. The van der Waals surface area contributed by atoms with Crippen molar-refractivity contribution in [3.05, 3.63) is 28.6 Å². The fraction of sp³-hybridized carbons (Fsp3) is 0.385. The first-order chi connectivity index (χ1) is 9.85. The highest BCUT2D eigenvalue weighted by Gasteiger charge is 2.42. The van der Waals surface area contributed by atoms with Gasteiger partial charge in [0.25, 0.3) is 5.91 Å². The molecule has 0 unspecified atom stereocenters. The number of hydrogen-bond acceptors (Lipinski definition) is 6. The number of amides is 1. The van der Waals surface area contributed by atoms with Crippen LogP contribution in [0.2, 0.25) is 0 Å². The molecule has 3 rings (SSSR count). The van der Waals surface area contributed by atoms with Gasteiger partial charge in [0.2, 0.25) is 0 Å². The second kappa shape index (κ2) is 5.26. The summed E-state index contributed by atoms with van der Waals surface area (Å²) >= 11 is 6.42. The van der Waals surface area contributed by atoms with E-state index in [9.17, 15) is 13.2 Å². The Kier molecular flexibility index (Phi) is 3.71. The van der Waals surface area contributed by atoms with Crippen LogP contribution in [0, 0.1) is 6.92 Å². The SMILES string of the molecule is Cc1ccc(/C=C2/SC(=S)N([C@@H]3CCS(=O)(=O)C3)C2=O)o1. The average molecular weight is 343 g/mol. The third kappa shape index (κ3) is 2.93. The fourth-order valence-electron chi connectivity index (χ4n) is 2.43. The monoisotopic (exact) mass is 343 g/mol. The summed E-state index contributed by atoms with van der Waals surface area (Å²) in [6.07, 6.45) is 2.09. The lowest BCUT2D eigenvalue weighted by Crippen LogP contribution is -2.39. The van der Waals surface area contributed by atoms with Gasteiger partial charge < -0.3 is 4.42 Å². The van der Waals surface area contributed by atoms with Crippen LogP contribution in [0.5, 0.6) is 0 Å². The first-order valence-electron chi connectivity index (χ1n) is 6.40. The summed E-state index contributed by atoms with van der Waals surface area (Å²) in [7, 11) is -3.05. The highest BCUT2D eigenvalue weighted by atomic mass is 32.2. The van der Waals surface area contributed by atoms with Gasteiger partial charge in [0, 0.05) is 6.08 Å². The van der Waals surface area contributed by atoms with Crippen molar-refractivity contribution in [1.82, 2.24) is 4.90 Å². The number of thioether (sulfide) groups is 1.